The Morgan fingerprint density at radius 2 is 1.79 bits per heavy atom. The molecule has 0 aromatic heterocycles. The minimum atomic E-state index is -0.264. The van der Waals surface area contributed by atoms with Crippen LogP contribution in [0, 0.1) is 6.92 Å². The molecular formula is C18H20BrN3O2. The lowest BCUT2D eigenvalue weighted by Gasteiger charge is -2.30. The first-order valence-corrected chi connectivity index (χ1v) is 8.68. The lowest BCUT2D eigenvalue weighted by Crippen LogP contribution is -2.37. The monoisotopic (exact) mass is 389 g/mol. The molecule has 0 radical (unpaired) electrons. The van der Waals surface area contributed by atoms with E-state index in [1.165, 1.54) is 0 Å². The van der Waals surface area contributed by atoms with Crippen molar-refractivity contribution in [1.29, 1.82) is 0 Å². The highest BCUT2D eigenvalue weighted by Crippen LogP contribution is 2.27. The first kappa shape index (κ1) is 16.8. The van der Waals surface area contributed by atoms with Crippen molar-refractivity contribution in [2.75, 3.05) is 41.8 Å². The van der Waals surface area contributed by atoms with Crippen LogP contribution in [0.4, 0.5) is 21.9 Å². The molecule has 1 aliphatic heterocycles. The van der Waals surface area contributed by atoms with Gasteiger partial charge in [0, 0.05) is 17.6 Å². The van der Waals surface area contributed by atoms with E-state index in [-0.39, 0.29) is 6.03 Å². The van der Waals surface area contributed by atoms with E-state index in [4.69, 9.17) is 4.74 Å². The van der Waals surface area contributed by atoms with E-state index in [1.54, 1.807) is 0 Å². The van der Waals surface area contributed by atoms with Crippen LogP contribution in [-0.2, 0) is 4.74 Å². The number of nitrogens with one attached hydrogen (secondary N) is 2. The summed E-state index contributed by atoms with van der Waals surface area (Å²) in [5.74, 6) is 0. The molecule has 1 fully saturated rings. The van der Waals surface area contributed by atoms with Crippen molar-refractivity contribution in [3.8, 4) is 0 Å². The number of anilines is 3. The number of para-hydroxylation sites is 2. The van der Waals surface area contributed by atoms with Crippen LogP contribution in [0.1, 0.15) is 5.56 Å². The summed E-state index contributed by atoms with van der Waals surface area (Å²) in [6.07, 6.45) is 0. The lowest BCUT2D eigenvalue weighted by molar-refractivity contribution is 0.123. The van der Waals surface area contributed by atoms with Gasteiger partial charge < -0.3 is 20.3 Å². The molecule has 0 aliphatic carbocycles. The van der Waals surface area contributed by atoms with Gasteiger partial charge in [-0.2, -0.15) is 0 Å². The van der Waals surface area contributed by atoms with Gasteiger partial charge >= 0.3 is 6.03 Å². The van der Waals surface area contributed by atoms with Crippen LogP contribution in [0.25, 0.3) is 0 Å². The van der Waals surface area contributed by atoms with Crippen LogP contribution in [-0.4, -0.2) is 32.3 Å². The molecule has 1 aliphatic rings. The van der Waals surface area contributed by atoms with Crippen molar-refractivity contribution < 1.29 is 9.53 Å². The normalized spacial score (nSPS) is 14.3. The number of amides is 2. The second-order valence-electron chi connectivity index (χ2n) is 5.68. The molecule has 6 heteroatoms. The number of ether oxygens (including phenoxy) is 1. The fourth-order valence-electron chi connectivity index (χ4n) is 2.66. The summed E-state index contributed by atoms with van der Waals surface area (Å²) in [6, 6.07) is 13.4. The van der Waals surface area contributed by atoms with Gasteiger partial charge in [0.05, 0.1) is 30.3 Å². The number of halogens is 1. The van der Waals surface area contributed by atoms with Gasteiger partial charge in [0.2, 0.25) is 0 Å². The Labute approximate surface area is 150 Å². The molecule has 5 nitrogen and oxygen atoms in total. The van der Waals surface area contributed by atoms with E-state index in [2.05, 4.69) is 31.5 Å². The SMILES string of the molecule is Cc1ccc(NC(=O)Nc2ccccc2N2CCOCC2)c(Br)c1. The van der Waals surface area contributed by atoms with Crippen LogP contribution in [0.5, 0.6) is 0 Å². The molecule has 126 valence electrons. The molecule has 0 saturated carbocycles. The zero-order valence-electron chi connectivity index (χ0n) is 13.5. The molecule has 2 N–H and O–H groups in total. The van der Waals surface area contributed by atoms with Crippen molar-refractivity contribution in [3.05, 3.63) is 52.5 Å². The Hall–Kier alpha value is -2.05. The molecule has 2 aromatic rings. The van der Waals surface area contributed by atoms with E-state index >= 15 is 0 Å². The Balaban J connectivity index is 1.72. The smallest absolute Gasteiger partial charge is 0.323 e. The largest absolute Gasteiger partial charge is 0.378 e. The summed E-state index contributed by atoms with van der Waals surface area (Å²) in [4.78, 5) is 14.6. The van der Waals surface area contributed by atoms with Crippen LogP contribution in [0.2, 0.25) is 0 Å². The minimum absolute atomic E-state index is 0.264. The van der Waals surface area contributed by atoms with E-state index in [9.17, 15) is 4.79 Å². The summed E-state index contributed by atoms with van der Waals surface area (Å²) >= 11 is 3.47. The Bertz CT molecular complexity index is 730. The van der Waals surface area contributed by atoms with Crippen molar-refractivity contribution in [3.63, 3.8) is 0 Å². The zero-order chi connectivity index (χ0) is 16.9. The maximum absolute atomic E-state index is 12.4. The summed E-state index contributed by atoms with van der Waals surface area (Å²) in [6.45, 7) is 5.06. The Morgan fingerprint density at radius 3 is 2.54 bits per heavy atom. The van der Waals surface area contributed by atoms with Gasteiger partial charge in [-0.25, -0.2) is 4.79 Å². The van der Waals surface area contributed by atoms with Gasteiger partial charge in [0.15, 0.2) is 0 Å². The first-order valence-electron chi connectivity index (χ1n) is 7.89. The number of carbonyl (C=O) groups is 1. The Kier molecular flexibility index (Phi) is 5.37. The molecule has 2 amide bonds. The molecule has 0 unspecified atom stereocenters. The second kappa shape index (κ2) is 7.68. The van der Waals surface area contributed by atoms with Gasteiger partial charge in [-0.3, -0.25) is 0 Å². The number of nitrogens with zero attached hydrogens (tertiary/aromatic N) is 1. The maximum Gasteiger partial charge on any atom is 0.323 e. The van der Waals surface area contributed by atoms with Crippen molar-refractivity contribution in [1.82, 2.24) is 0 Å². The van der Waals surface area contributed by atoms with Crippen LogP contribution >= 0.6 is 15.9 Å². The molecule has 0 bridgehead atoms. The third kappa shape index (κ3) is 4.07. The summed E-state index contributed by atoms with van der Waals surface area (Å²) in [7, 11) is 0. The van der Waals surface area contributed by atoms with Gasteiger partial charge in [0.25, 0.3) is 0 Å². The second-order valence-corrected chi connectivity index (χ2v) is 6.53. The zero-order valence-corrected chi connectivity index (χ0v) is 15.1. The Morgan fingerprint density at radius 1 is 1.08 bits per heavy atom. The van der Waals surface area contributed by atoms with Gasteiger partial charge in [0.1, 0.15) is 0 Å². The van der Waals surface area contributed by atoms with E-state index < -0.39 is 0 Å². The number of rotatable bonds is 3. The van der Waals surface area contributed by atoms with Crippen molar-refractivity contribution in [2.45, 2.75) is 6.92 Å². The standard InChI is InChI=1S/C18H20BrN3O2/c1-13-6-7-15(14(19)12-13)20-18(23)21-16-4-2-3-5-17(16)22-8-10-24-11-9-22/h2-7,12H,8-11H2,1H3,(H2,20,21,23). The predicted octanol–water partition coefficient (Wildman–Crippen LogP) is 4.24. The molecule has 1 heterocycles. The average Bonchev–Trinajstić information content (AvgIpc) is 2.59. The lowest BCUT2D eigenvalue weighted by atomic mass is 10.2. The van der Waals surface area contributed by atoms with Gasteiger partial charge in [-0.05, 0) is 52.7 Å². The third-order valence-electron chi connectivity index (χ3n) is 3.88. The molecule has 2 aromatic carbocycles. The van der Waals surface area contributed by atoms with E-state index in [0.29, 0.717) is 13.2 Å². The molecule has 24 heavy (non-hydrogen) atoms. The summed E-state index contributed by atoms with van der Waals surface area (Å²) in [5, 5.41) is 5.82. The van der Waals surface area contributed by atoms with Gasteiger partial charge in [-0.15, -0.1) is 0 Å². The molecule has 0 spiro atoms. The van der Waals surface area contributed by atoms with Crippen molar-refractivity contribution in [2.24, 2.45) is 0 Å². The van der Waals surface area contributed by atoms with Gasteiger partial charge in [-0.1, -0.05) is 18.2 Å². The average molecular weight is 390 g/mol. The van der Waals surface area contributed by atoms with E-state index in [0.717, 1.165) is 40.2 Å². The van der Waals surface area contributed by atoms with Crippen LogP contribution in [0.3, 0.4) is 0 Å². The molecular weight excluding hydrogens is 370 g/mol. The number of hydrogen-bond acceptors (Lipinski definition) is 3. The number of aryl methyl sites for hydroxylation is 1. The molecule has 1 saturated heterocycles. The predicted molar refractivity (Wildman–Crippen MR) is 101 cm³/mol. The van der Waals surface area contributed by atoms with Crippen molar-refractivity contribution >= 4 is 39.0 Å². The minimum Gasteiger partial charge on any atom is -0.378 e. The number of urea groups is 1. The third-order valence-corrected chi connectivity index (χ3v) is 4.53. The topological polar surface area (TPSA) is 53.6 Å². The number of carbonyl (C=O) groups excluding carboxylic acids is 1. The maximum atomic E-state index is 12.4. The summed E-state index contributed by atoms with van der Waals surface area (Å²) in [5.41, 5.74) is 3.67. The fraction of sp³-hybridized carbons (Fsp3) is 0.278. The van der Waals surface area contributed by atoms with Crippen LogP contribution in [0.15, 0.2) is 46.9 Å². The molecule has 0 atom stereocenters. The molecule has 3 rings (SSSR count). The quantitative estimate of drug-likeness (QED) is 0.825. The number of hydrogen-bond donors (Lipinski definition) is 2. The highest BCUT2D eigenvalue weighted by atomic mass is 79.9. The van der Waals surface area contributed by atoms with Crippen LogP contribution < -0.4 is 15.5 Å². The fourth-order valence-corrected chi connectivity index (χ4v) is 3.25. The number of benzene rings is 2. The van der Waals surface area contributed by atoms with E-state index in [1.807, 2.05) is 49.4 Å². The highest BCUT2D eigenvalue weighted by molar-refractivity contribution is 9.10. The summed E-state index contributed by atoms with van der Waals surface area (Å²) < 4.78 is 6.26. The number of morpholine rings is 1. The highest BCUT2D eigenvalue weighted by Gasteiger charge is 2.16. The first-order chi connectivity index (χ1) is 11.6.